The monoisotopic (exact) mass is 435 g/mol. The van der Waals surface area contributed by atoms with Crippen LogP contribution in [0.5, 0.6) is 0 Å². The number of hydrogen-bond donors (Lipinski definition) is 1. The van der Waals surface area contributed by atoms with E-state index in [9.17, 15) is 14.0 Å². The van der Waals surface area contributed by atoms with E-state index in [1.54, 1.807) is 48.0 Å². The zero-order chi connectivity index (χ0) is 22.8. The van der Waals surface area contributed by atoms with Crippen LogP contribution in [-0.4, -0.2) is 38.5 Å². The molecule has 2 aromatic carbocycles. The molecule has 0 radical (unpaired) electrons. The van der Waals surface area contributed by atoms with Crippen molar-refractivity contribution < 1.29 is 18.5 Å². The summed E-state index contributed by atoms with van der Waals surface area (Å²) in [7, 11) is 1.65. The van der Waals surface area contributed by atoms with Gasteiger partial charge in [0, 0.05) is 32.3 Å². The number of carbonyl (C=O) groups excluding carboxylic acids is 2. The molecule has 2 heterocycles. The average molecular weight is 435 g/mol. The van der Waals surface area contributed by atoms with Crippen molar-refractivity contribution in [3.8, 4) is 11.4 Å². The van der Waals surface area contributed by atoms with Gasteiger partial charge in [0.15, 0.2) is 5.76 Å². The number of fused-ring (bicyclic) bond motifs is 1. The third-order valence-electron chi connectivity index (χ3n) is 5.05. The van der Waals surface area contributed by atoms with Gasteiger partial charge < -0.3 is 19.3 Å². The minimum Gasteiger partial charge on any atom is -0.360 e. The third-order valence-corrected chi connectivity index (χ3v) is 5.05. The summed E-state index contributed by atoms with van der Waals surface area (Å²) in [6, 6.07) is 11.3. The van der Waals surface area contributed by atoms with Crippen LogP contribution in [0.25, 0.3) is 22.4 Å². The van der Waals surface area contributed by atoms with E-state index < -0.39 is 5.82 Å². The molecule has 0 bridgehead atoms. The molecule has 0 saturated carbocycles. The predicted octanol–water partition coefficient (Wildman–Crippen LogP) is 4.08. The summed E-state index contributed by atoms with van der Waals surface area (Å²) in [5, 5.41) is 6.38. The van der Waals surface area contributed by atoms with E-state index >= 15 is 0 Å². The van der Waals surface area contributed by atoms with Gasteiger partial charge in [0.1, 0.15) is 11.6 Å². The highest BCUT2D eigenvalue weighted by Crippen LogP contribution is 2.32. The van der Waals surface area contributed by atoms with Gasteiger partial charge in [-0.1, -0.05) is 17.3 Å². The molecule has 4 aromatic rings. The molecule has 0 aliphatic heterocycles. The number of amides is 2. The van der Waals surface area contributed by atoms with E-state index in [4.69, 9.17) is 4.52 Å². The van der Waals surface area contributed by atoms with Gasteiger partial charge in [0.25, 0.3) is 5.91 Å². The second-order valence-electron chi connectivity index (χ2n) is 7.37. The Morgan fingerprint density at radius 2 is 2.00 bits per heavy atom. The van der Waals surface area contributed by atoms with E-state index in [1.807, 2.05) is 6.92 Å². The highest BCUT2D eigenvalue weighted by atomic mass is 19.1. The SMILES string of the molecule is CCn1c(-c2ccccc2F)nc2cc(NC(C)=O)cc(C(=O)N(C)Cc3ccno3)c21. The largest absolute Gasteiger partial charge is 0.360 e. The maximum absolute atomic E-state index is 14.6. The zero-order valence-electron chi connectivity index (χ0n) is 17.9. The van der Waals surface area contributed by atoms with Crippen molar-refractivity contribution in [2.75, 3.05) is 12.4 Å². The molecule has 32 heavy (non-hydrogen) atoms. The van der Waals surface area contributed by atoms with Gasteiger partial charge in [-0.3, -0.25) is 9.59 Å². The molecule has 9 heteroatoms. The minimum atomic E-state index is -0.407. The summed E-state index contributed by atoms with van der Waals surface area (Å²) in [4.78, 5) is 31.2. The number of aromatic nitrogens is 3. The number of benzene rings is 2. The summed E-state index contributed by atoms with van der Waals surface area (Å²) in [6.45, 7) is 3.97. The highest BCUT2D eigenvalue weighted by molar-refractivity contribution is 6.08. The number of imidazole rings is 1. The Kier molecular flexibility index (Phi) is 5.72. The van der Waals surface area contributed by atoms with Crippen molar-refractivity contribution in [2.24, 2.45) is 0 Å². The first kappa shape index (κ1) is 21.2. The Labute approximate surface area is 183 Å². The first-order valence-corrected chi connectivity index (χ1v) is 10.1. The van der Waals surface area contributed by atoms with Crippen molar-refractivity contribution in [2.45, 2.75) is 26.9 Å². The maximum atomic E-state index is 14.6. The van der Waals surface area contributed by atoms with Crippen molar-refractivity contribution in [1.29, 1.82) is 0 Å². The molecule has 4 rings (SSSR count). The van der Waals surface area contributed by atoms with Crippen molar-refractivity contribution in [3.05, 3.63) is 65.8 Å². The Morgan fingerprint density at radius 1 is 1.22 bits per heavy atom. The van der Waals surface area contributed by atoms with Crippen LogP contribution in [0.4, 0.5) is 10.1 Å². The molecular formula is C23H22FN5O3. The second kappa shape index (κ2) is 8.62. The van der Waals surface area contributed by atoms with Gasteiger partial charge in [-0.25, -0.2) is 9.37 Å². The van der Waals surface area contributed by atoms with Crippen LogP contribution in [0.3, 0.4) is 0 Å². The Balaban J connectivity index is 1.90. The molecule has 0 unspecified atom stereocenters. The molecule has 2 amide bonds. The average Bonchev–Trinajstić information content (AvgIpc) is 3.39. The van der Waals surface area contributed by atoms with Crippen LogP contribution >= 0.6 is 0 Å². The standard InChI is InChI=1S/C23H22FN5O3/c1-4-29-21-18(23(31)28(3)13-16-9-10-25-32-16)11-15(26-14(2)30)12-20(21)27-22(29)17-7-5-6-8-19(17)24/h5-12H,4,13H2,1-3H3,(H,26,30). The number of aryl methyl sites for hydroxylation is 1. The maximum Gasteiger partial charge on any atom is 0.256 e. The van der Waals surface area contributed by atoms with Crippen LogP contribution in [0.1, 0.15) is 30.0 Å². The summed E-state index contributed by atoms with van der Waals surface area (Å²) < 4.78 is 21.5. The lowest BCUT2D eigenvalue weighted by atomic mass is 10.1. The number of nitrogens with zero attached hydrogens (tertiary/aromatic N) is 4. The lowest BCUT2D eigenvalue weighted by molar-refractivity contribution is -0.114. The summed E-state index contributed by atoms with van der Waals surface area (Å²) in [5.74, 6) is -0.0381. The van der Waals surface area contributed by atoms with Gasteiger partial charge in [-0.05, 0) is 31.2 Å². The summed E-state index contributed by atoms with van der Waals surface area (Å²) >= 11 is 0. The van der Waals surface area contributed by atoms with Gasteiger partial charge in [-0.15, -0.1) is 0 Å². The normalized spacial score (nSPS) is 11.0. The van der Waals surface area contributed by atoms with Gasteiger partial charge in [0.05, 0.1) is 34.9 Å². The van der Waals surface area contributed by atoms with Crippen molar-refractivity contribution in [3.63, 3.8) is 0 Å². The smallest absolute Gasteiger partial charge is 0.256 e. The van der Waals surface area contributed by atoms with Crippen LogP contribution in [-0.2, 0) is 17.9 Å². The molecule has 1 N–H and O–H groups in total. The predicted molar refractivity (Wildman–Crippen MR) is 117 cm³/mol. The van der Waals surface area contributed by atoms with Crippen molar-refractivity contribution in [1.82, 2.24) is 19.6 Å². The van der Waals surface area contributed by atoms with E-state index in [0.29, 0.717) is 46.0 Å². The molecule has 2 aromatic heterocycles. The molecule has 0 fully saturated rings. The van der Waals surface area contributed by atoms with Gasteiger partial charge >= 0.3 is 0 Å². The Hall–Kier alpha value is -4.01. The summed E-state index contributed by atoms with van der Waals surface area (Å²) in [5.41, 5.74) is 2.15. The quantitative estimate of drug-likeness (QED) is 0.493. The lowest BCUT2D eigenvalue weighted by Crippen LogP contribution is -2.27. The number of rotatable bonds is 6. The topological polar surface area (TPSA) is 93.3 Å². The van der Waals surface area contributed by atoms with E-state index in [2.05, 4.69) is 15.5 Å². The van der Waals surface area contributed by atoms with Crippen LogP contribution < -0.4 is 5.32 Å². The van der Waals surface area contributed by atoms with E-state index in [0.717, 1.165) is 0 Å². The van der Waals surface area contributed by atoms with Crippen LogP contribution in [0, 0.1) is 5.82 Å². The molecule has 8 nitrogen and oxygen atoms in total. The molecule has 0 aliphatic rings. The molecule has 0 atom stereocenters. The fourth-order valence-electron chi connectivity index (χ4n) is 3.70. The minimum absolute atomic E-state index is 0.213. The Bertz CT molecular complexity index is 1300. The van der Waals surface area contributed by atoms with E-state index in [-0.39, 0.29) is 18.4 Å². The highest BCUT2D eigenvalue weighted by Gasteiger charge is 2.24. The fourth-order valence-corrected chi connectivity index (χ4v) is 3.70. The molecule has 0 spiro atoms. The third kappa shape index (κ3) is 3.96. The number of anilines is 1. The molecule has 164 valence electrons. The molecular weight excluding hydrogens is 413 g/mol. The number of carbonyl (C=O) groups is 2. The van der Waals surface area contributed by atoms with Gasteiger partial charge in [0.2, 0.25) is 5.91 Å². The fraction of sp³-hybridized carbons (Fsp3) is 0.217. The number of nitrogens with one attached hydrogen (secondary N) is 1. The van der Waals surface area contributed by atoms with Crippen LogP contribution in [0.15, 0.2) is 53.2 Å². The first-order valence-electron chi connectivity index (χ1n) is 10.1. The van der Waals surface area contributed by atoms with Crippen LogP contribution in [0.2, 0.25) is 0 Å². The number of hydrogen-bond acceptors (Lipinski definition) is 5. The second-order valence-corrected chi connectivity index (χ2v) is 7.37. The summed E-state index contributed by atoms with van der Waals surface area (Å²) in [6.07, 6.45) is 1.51. The van der Waals surface area contributed by atoms with Crippen molar-refractivity contribution >= 4 is 28.5 Å². The lowest BCUT2D eigenvalue weighted by Gasteiger charge is -2.18. The first-order chi connectivity index (χ1) is 15.4. The molecule has 0 saturated heterocycles. The zero-order valence-corrected chi connectivity index (χ0v) is 17.9. The van der Waals surface area contributed by atoms with Gasteiger partial charge in [-0.2, -0.15) is 0 Å². The Morgan fingerprint density at radius 3 is 2.66 bits per heavy atom. The molecule has 0 aliphatic carbocycles. The number of halogens is 1. The van der Waals surface area contributed by atoms with E-state index in [1.165, 1.54) is 24.1 Å².